The summed E-state index contributed by atoms with van der Waals surface area (Å²) in [7, 11) is 0. The minimum Gasteiger partial charge on any atom is -0.304 e. The molecule has 0 unspecified atom stereocenters. The van der Waals surface area contributed by atoms with Crippen LogP contribution in [0.15, 0.2) is 43.0 Å². The molecule has 92 valence electrons. The number of pyridine rings is 1. The standard InChI is InChI=1S/C14H7Cl2N3/c15-12-2-1-10(4-13(12)16)11-3-9(5-17)7-19-8-18-6-14(11)19/h1-4,6-8H. The molecule has 0 spiro atoms. The van der Waals surface area contributed by atoms with E-state index in [1.54, 1.807) is 30.9 Å². The third kappa shape index (κ3) is 2.06. The second kappa shape index (κ2) is 4.58. The summed E-state index contributed by atoms with van der Waals surface area (Å²) in [6.07, 6.45) is 5.15. The number of nitriles is 1. The Labute approximate surface area is 119 Å². The van der Waals surface area contributed by atoms with E-state index in [0.717, 1.165) is 16.6 Å². The Morgan fingerprint density at radius 1 is 1.16 bits per heavy atom. The van der Waals surface area contributed by atoms with Gasteiger partial charge in [-0.05, 0) is 23.8 Å². The lowest BCUT2D eigenvalue weighted by molar-refractivity contribution is 1.15. The SMILES string of the molecule is N#Cc1cc(-c2ccc(Cl)c(Cl)c2)c2cncn2c1. The van der Waals surface area contributed by atoms with Crippen molar-refractivity contribution in [3.63, 3.8) is 0 Å². The van der Waals surface area contributed by atoms with Gasteiger partial charge in [0.25, 0.3) is 0 Å². The van der Waals surface area contributed by atoms with Gasteiger partial charge in [0, 0.05) is 11.8 Å². The molecule has 0 N–H and O–H groups in total. The van der Waals surface area contributed by atoms with Crippen molar-refractivity contribution >= 4 is 28.7 Å². The van der Waals surface area contributed by atoms with Crippen LogP contribution in [0, 0.1) is 11.3 Å². The highest BCUT2D eigenvalue weighted by atomic mass is 35.5. The molecule has 1 aromatic carbocycles. The summed E-state index contributed by atoms with van der Waals surface area (Å²) < 4.78 is 1.82. The quantitative estimate of drug-likeness (QED) is 0.674. The summed E-state index contributed by atoms with van der Waals surface area (Å²) in [6, 6.07) is 9.35. The minimum absolute atomic E-state index is 0.485. The predicted molar refractivity (Wildman–Crippen MR) is 75.4 cm³/mol. The molecule has 0 bridgehead atoms. The van der Waals surface area contributed by atoms with Crippen LogP contribution in [0.25, 0.3) is 16.6 Å². The fourth-order valence-corrected chi connectivity index (χ4v) is 2.29. The molecule has 0 atom stereocenters. The lowest BCUT2D eigenvalue weighted by Crippen LogP contribution is -1.89. The maximum absolute atomic E-state index is 9.07. The van der Waals surface area contributed by atoms with Crippen LogP contribution in [-0.4, -0.2) is 9.38 Å². The van der Waals surface area contributed by atoms with Gasteiger partial charge in [0.1, 0.15) is 6.07 Å². The Morgan fingerprint density at radius 2 is 2.00 bits per heavy atom. The first-order chi connectivity index (χ1) is 9.19. The van der Waals surface area contributed by atoms with Crippen LogP contribution in [0.1, 0.15) is 5.56 Å². The molecule has 0 amide bonds. The van der Waals surface area contributed by atoms with E-state index in [4.69, 9.17) is 28.5 Å². The summed E-state index contributed by atoms with van der Waals surface area (Å²) in [5.41, 5.74) is 3.27. The average molecular weight is 288 g/mol. The molecule has 0 aliphatic carbocycles. The van der Waals surface area contributed by atoms with Crippen molar-refractivity contribution in [2.24, 2.45) is 0 Å². The van der Waals surface area contributed by atoms with E-state index in [1.165, 1.54) is 0 Å². The third-order valence-electron chi connectivity index (χ3n) is 2.88. The Bertz CT molecular complexity index is 815. The van der Waals surface area contributed by atoms with Gasteiger partial charge < -0.3 is 4.40 Å². The highest BCUT2D eigenvalue weighted by Crippen LogP contribution is 2.31. The lowest BCUT2D eigenvalue weighted by Gasteiger charge is -2.07. The van der Waals surface area contributed by atoms with Crippen LogP contribution in [0.5, 0.6) is 0 Å². The summed E-state index contributed by atoms with van der Waals surface area (Å²) in [6.45, 7) is 0. The fourth-order valence-electron chi connectivity index (χ4n) is 1.99. The smallest absolute Gasteiger partial charge is 0.101 e. The number of fused-ring (bicyclic) bond motifs is 1. The molecule has 0 saturated heterocycles. The highest BCUT2D eigenvalue weighted by molar-refractivity contribution is 6.42. The molecule has 0 saturated carbocycles. The zero-order chi connectivity index (χ0) is 13.4. The molecule has 0 aliphatic heterocycles. The fraction of sp³-hybridized carbons (Fsp3) is 0. The summed E-state index contributed by atoms with van der Waals surface area (Å²) in [4.78, 5) is 4.10. The second-order valence-electron chi connectivity index (χ2n) is 4.07. The summed E-state index contributed by atoms with van der Waals surface area (Å²) >= 11 is 12.0. The van der Waals surface area contributed by atoms with E-state index in [-0.39, 0.29) is 0 Å². The van der Waals surface area contributed by atoms with Gasteiger partial charge in [-0.3, -0.25) is 0 Å². The van der Waals surface area contributed by atoms with Gasteiger partial charge in [-0.2, -0.15) is 5.26 Å². The topological polar surface area (TPSA) is 41.1 Å². The van der Waals surface area contributed by atoms with Crippen LogP contribution in [0.4, 0.5) is 0 Å². The molecule has 3 nitrogen and oxygen atoms in total. The number of rotatable bonds is 1. The van der Waals surface area contributed by atoms with Gasteiger partial charge in [0.2, 0.25) is 0 Å². The molecule has 0 radical (unpaired) electrons. The Morgan fingerprint density at radius 3 is 2.74 bits per heavy atom. The molecule has 3 rings (SSSR count). The zero-order valence-corrected chi connectivity index (χ0v) is 11.2. The molecule has 3 aromatic rings. The van der Waals surface area contributed by atoms with Crippen molar-refractivity contribution in [2.75, 3.05) is 0 Å². The van der Waals surface area contributed by atoms with E-state index < -0.39 is 0 Å². The van der Waals surface area contributed by atoms with E-state index in [1.807, 2.05) is 16.5 Å². The van der Waals surface area contributed by atoms with Crippen LogP contribution in [0.2, 0.25) is 10.0 Å². The lowest BCUT2D eigenvalue weighted by atomic mass is 10.0. The van der Waals surface area contributed by atoms with E-state index >= 15 is 0 Å². The number of imidazole rings is 1. The predicted octanol–water partition coefficient (Wildman–Crippen LogP) is 4.18. The van der Waals surface area contributed by atoms with Crippen LogP contribution in [-0.2, 0) is 0 Å². The summed E-state index contributed by atoms with van der Waals surface area (Å²) in [5, 5.41) is 10.1. The third-order valence-corrected chi connectivity index (χ3v) is 3.62. The number of benzene rings is 1. The van der Waals surface area contributed by atoms with Gasteiger partial charge in [-0.15, -0.1) is 0 Å². The Kier molecular flexibility index (Phi) is 2.90. The normalized spacial score (nSPS) is 10.6. The Balaban J connectivity index is 2.31. The average Bonchev–Trinajstić information content (AvgIpc) is 2.89. The van der Waals surface area contributed by atoms with Crippen LogP contribution in [0.3, 0.4) is 0 Å². The number of hydrogen-bond donors (Lipinski definition) is 0. The van der Waals surface area contributed by atoms with Gasteiger partial charge in [-0.1, -0.05) is 29.3 Å². The summed E-state index contributed by atoms with van der Waals surface area (Å²) in [5.74, 6) is 0. The van der Waals surface area contributed by atoms with Gasteiger partial charge >= 0.3 is 0 Å². The number of aromatic nitrogens is 2. The first-order valence-corrected chi connectivity index (χ1v) is 6.26. The molecule has 2 aromatic heterocycles. The van der Waals surface area contributed by atoms with Crippen LogP contribution < -0.4 is 0 Å². The maximum Gasteiger partial charge on any atom is 0.101 e. The molecule has 0 fully saturated rings. The van der Waals surface area contributed by atoms with Gasteiger partial charge in [0.05, 0.1) is 33.6 Å². The van der Waals surface area contributed by atoms with Crippen molar-refractivity contribution in [1.82, 2.24) is 9.38 Å². The maximum atomic E-state index is 9.07. The molecular formula is C14H7Cl2N3. The highest BCUT2D eigenvalue weighted by Gasteiger charge is 2.09. The van der Waals surface area contributed by atoms with Gasteiger partial charge in [0.15, 0.2) is 0 Å². The molecular weight excluding hydrogens is 281 g/mol. The first kappa shape index (κ1) is 12.0. The zero-order valence-electron chi connectivity index (χ0n) is 9.64. The van der Waals surface area contributed by atoms with Crippen LogP contribution >= 0.6 is 23.2 Å². The minimum atomic E-state index is 0.485. The van der Waals surface area contributed by atoms with E-state index in [2.05, 4.69) is 11.1 Å². The van der Waals surface area contributed by atoms with E-state index in [0.29, 0.717) is 15.6 Å². The van der Waals surface area contributed by atoms with Crippen molar-refractivity contribution < 1.29 is 0 Å². The number of nitrogens with zero attached hydrogens (tertiary/aromatic N) is 3. The number of hydrogen-bond acceptors (Lipinski definition) is 2. The van der Waals surface area contributed by atoms with Crippen molar-refractivity contribution in [1.29, 1.82) is 5.26 Å². The van der Waals surface area contributed by atoms with Crippen molar-refractivity contribution in [3.8, 4) is 17.2 Å². The monoisotopic (exact) mass is 287 g/mol. The molecule has 5 heteroatoms. The van der Waals surface area contributed by atoms with Crippen molar-refractivity contribution in [2.45, 2.75) is 0 Å². The molecule has 0 aliphatic rings. The Hall–Kier alpha value is -2.02. The molecule has 19 heavy (non-hydrogen) atoms. The second-order valence-corrected chi connectivity index (χ2v) is 4.88. The van der Waals surface area contributed by atoms with Gasteiger partial charge in [-0.25, -0.2) is 4.98 Å². The van der Waals surface area contributed by atoms with E-state index in [9.17, 15) is 0 Å². The first-order valence-electron chi connectivity index (χ1n) is 5.50. The largest absolute Gasteiger partial charge is 0.304 e. The molecule has 2 heterocycles. The number of halogens is 2. The van der Waals surface area contributed by atoms with Crippen molar-refractivity contribution in [3.05, 3.63) is 58.6 Å².